The summed E-state index contributed by atoms with van der Waals surface area (Å²) in [5.41, 5.74) is 0.747. The molecular formula is C18H13ClN2O5. The predicted molar refractivity (Wildman–Crippen MR) is 90.9 cm³/mol. The molecule has 4 rings (SSSR count). The Morgan fingerprint density at radius 3 is 2.73 bits per heavy atom. The number of rotatable bonds is 4. The number of carbonyl (C=O) groups is 1. The van der Waals surface area contributed by atoms with Crippen LogP contribution in [0.3, 0.4) is 0 Å². The van der Waals surface area contributed by atoms with Crippen molar-refractivity contribution < 1.29 is 23.5 Å². The first-order valence-electron chi connectivity index (χ1n) is 7.83. The number of esters is 1. The summed E-state index contributed by atoms with van der Waals surface area (Å²) in [5, 5.41) is 4.47. The monoisotopic (exact) mass is 372 g/mol. The van der Waals surface area contributed by atoms with Gasteiger partial charge in [-0.25, -0.2) is 4.79 Å². The molecule has 0 amide bonds. The molecule has 1 aliphatic rings. The molecule has 0 fully saturated rings. The molecule has 0 saturated carbocycles. The maximum atomic E-state index is 12.2. The third-order valence-corrected chi connectivity index (χ3v) is 3.93. The van der Waals surface area contributed by atoms with E-state index in [9.17, 15) is 4.79 Å². The minimum atomic E-state index is -0.844. The summed E-state index contributed by atoms with van der Waals surface area (Å²) >= 11 is 5.85. The Morgan fingerprint density at radius 1 is 1.15 bits per heavy atom. The minimum Gasteiger partial charge on any atom is -0.485 e. The lowest BCUT2D eigenvalue weighted by atomic mass is 10.2. The van der Waals surface area contributed by atoms with E-state index >= 15 is 0 Å². The predicted octanol–water partition coefficient (Wildman–Crippen LogP) is 3.27. The minimum absolute atomic E-state index is 0.0791. The lowest BCUT2D eigenvalue weighted by molar-refractivity contribution is -0.156. The first kappa shape index (κ1) is 16.4. The largest absolute Gasteiger partial charge is 0.485 e. The van der Waals surface area contributed by atoms with E-state index in [0.717, 1.165) is 5.56 Å². The van der Waals surface area contributed by atoms with Gasteiger partial charge in [-0.2, -0.15) is 4.98 Å². The Morgan fingerprint density at radius 2 is 1.92 bits per heavy atom. The van der Waals surface area contributed by atoms with E-state index < -0.39 is 12.1 Å². The maximum absolute atomic E-state index is 12.2. The fourth-order valence-electron chi connectivity index (χ4n) is 2.39. The number of ether oxygens (including phenoxy) is 3. The van der Waals surface area contributed by atoms with Crippen LogP contribution >= 0.6 is 11.6 Å². The smallest absolute Gasteiger partial charge is 0.351 e. The lowest BCUT2D eigenvalue weighted by Crippen LogP contribution is -2.37. The molecule has 1 aliphatic heterocycles. The summed E-state index contributed by atoms with van der Waals surface area (Å²) in [6.07, 6.45) is -0.844. The number of fused-ring (bicyclic) bond motifs is 1. The Kier molecular flexibility index (Phi) is 4.45. The molecule has 132 valence electrons. The summed E-state index contributed by atoms with van der Waals surface area (Å²) in [4.78, 5) is 16.4. The van der Waals surface area contributed by atoms with Gasteiger partial charge >= 0.3 is 5.97 Å². The Labute approximate surface area is 153 Å². The normalized spacial score (nSPS) is 15.5. The van der Waals surface area contributed by atoms with E-state index in [1.54, 1.807) is 42.5 Å². The van der Waals surface area contributed by atoms with Crippen LogP contribution in [0, 0.1) is 0 Å². The van der Waals surface area contributed by atoms with E-state index in [0.29, 0.717) is 22.3 Å². The molecule has 0 unspecified atom stereocenters. The van der Waals surface area contributed by atoms with E-state index in [1.807, 2.05) is 6.07 Å². The number of nitrogens with zero attached hydrogens (tertiary/aromatic N) is 2. The van der Waals surface area contributed by atoms with E-state index in [4.69, 9.17) is 30.3 Å². The van der Waals surface area contributed by atoms with Crippen LogP contribution in [0.5, 0.6) is 11.5 Å². The summed E-state index contributed by atoms with van der Waals surface area (Å²) < 4.78 is 21.4. The fourth-order valence-corrected chi connectivity index (χ4v) is 2.52. The fraction of sp³-hybridized carbons (Fsp3) is 0.167. The molecular weight excluding hydrogens is 360 g/mol. The highest BCUT2D eigenvalue weighted by molar-refractivity contribution is 6.30. The Hall–Kier alpha value is -3.06. The third-order valence-electron chi connectivity index (χ3n) is 3.68. The van der Waals surface area contributed by atoms with Gasteiger partial charge in [-0.15, -0.1) is 0 Å². The van der Waals surface area contributed by atoms with Crippen molar-refractivity contribution in [3.8, 4) is 22.9 Å². The molecule has 0 aliphatic carbocycles. The maximum Gasteiger partial charge on any atom is 0.351 e. The molecule has 1 aromatic heterocycles. The van der Waals surface area contributed by atoms with Gasteiger partial charge in [0.25, 0.3) is 5.89 Å². The second-order valence-electron chi connectivity index (χ2n) is 5.49. The van der Waals surface area contributed by atoms with Gasteiger partial charge < -0.3 is 18.7 Å². The Balaban J connectivity index is 1.36. The van der Waals surface area contributed by atoms with Crippen LogP contribution < -0.4 is 9.47 Å². The third kappa shape index (κ3) is 3.48. The van der Waals surface area contributed by atoms with Crippen molar-refractivity contribution in [2.45, 2.75) is 12.7 Å². The van der Waals surface area contributed by atoms with Gasteiger partial charge in [-0.1, -0.05) is 28.9 Å². The zero-order chi connectivity index (χ0) is 17.9. The highest BCUT2D eigenvalue weighted by atomic mass is 35.5. The highest BCUT2D eigenvalue weighted by Gasteiger charge is 2.29. The van der Waals surface area contributed by atoms with E-state index in [1.165, 1.54) is 0 Å². The number of benzene rings is 2. The molecule has 2 heterocycles. The molecule has 7 nitrogen and oxygen atoms in total. The molecule has 1 atom stereocenters. The zero-order valence-electron chi connectivity index (χ0n) is 13.4. The average Bonchev–Trinajstić information content (AvgIpc) is 3.15. The van der Waals surface area contributed by atoms with Gasteiger partial charge in [-0.3, -0.25) is 0 Å². The number of aromatic nitrogens is 2. The van der Waals surface area contributed by atoms with Gasteiger partial charge in [0, 0.05) is 10.6 Å². The zero-order valence-corrected chi connectivity index (χ0v) is 14.2. The van der Waals surface area contributed by atoms with Crippen molar-refractivity contribution in [2.24, 2.45) is 0 Å². The molecule has 0 radical (unpaired) electrons. The van der Waals surface area contributed by atoms with Crippen LogP contribution in [-0.2, 0) is 16.1 Å². The number of para-hydroxylation sites is 2. The molecule has 0 saturated heterocycles. The van der Waals surface area contributed by atoms with Crippen molar-refractivity contribution >= 4 is 17.6 Å². The van der Waals surface area contributed by atoms with Crippen molar-refractivity contribution in [3.05, 3.63) is 59.4 Å². The molecule has 0 bridgehead atoms. The van der Waals surface area contributed by atoms with Gasteiger partial charge in [0.15, 0.2) is 18.1 Å². The second kappa shape index (κ2) is 7.05. The second-order valence-corrected chi connectivity index (χ2v) is 5.93. The van der Waals surface area contributed by atoms with Gasteiger partial charge in [0.05, 0.1) is 0 Å². The Bertz CT molecular complexity index is 925. The topological polar surface area (TPSA) is 83.7 Å². The first-order valence-corrected chi connectivity index (χ1v) is 8.20. The summed E-state index contributed by atoms with van der Waals surface area (Å²) in [7, 11) is 0. The van der Waals surface area contributed by atoms with Crippen molar-refractivity contribution in [3.63, 3.8) is 0 Å². The quantitative estimate of drug-likeness (QED) is 0.650. The van der Waals surface area contributed by atoms with Crippen molar-refractivity contribution in [1.82, 2.24) is 10.1 Å². The first-order chi connectivity index (χ1) is 12.7. The molecule has 26 heavy (non-hydrogen) atoms. The number of hydrogen-bond acceptors (Lipinski definition) is 7. The van der Waals surface area contributed by atoms with Gasteiger partial charge in [0.1, 0.15) is 6.61 Å². The molecule has 3 aromatic rings. The van der Waals surface area contributed by atoms with Crippen LogP contribution in [0.15, 0.2) is 53.1 Å². The van der Waals surface area contributed by atoms with Crippen LogP contribution in [0.25, 0.3) is 11.4 Å². The molecule has 0 N–H and O–H groups in total. The highest BCUT2D eigenvalue weighted by Crippen LogP contribution is 2.31. The average molecular weight is 373 g/mol. The van der Waals surface area contributed by atoms with Gasteiger partial charge in [-0.05, 0) is 36.4 Å². The summed E-state index contributed by atoms with van der Waals surface area (Å²) in [6.45, 7) is -0.0728. The van der Waals surface area contributed by atoms with Crippen molar-refractivity contribution in [2.75, 3.05) is 6.61 Å². The molecule has 0 spiro atoms. The van der Waals surface area contributed by atoms with Crippen molar-refractivity contribution in [1.29, 1.82) is 0 Å². The number of carbonyl (C=O) groups excluding carboxylic acids is 1. The summed E-state index contributed by atoms with van der Waals surface area (Å²) in [6, 6.07) is 14.1. The SMILES string of the molecule is O=C(OCc1nc(-c2ccc(Cl)cc2)no1)[C@@H]1COc2ccccc2O1. The van der Waals surface area contributed by atoms with Crippen LogP contribution in [0.4, 0.5) is 0 Å². The lowest BCUT2D eigenvalue weighted by Gasteiger charge is -2.24. The van der Waals surface area contributed by atoms with Crippen LogP contribution in [0.1, 0.15) is 5.89 Å². The van der Waals surface area contributed by atoms with E-state index in [-0.39, 0.29) is 19.1 Å². The molecule has 2 aromatic carbocycles. The van der Waals surface area contributed by atoms with Crippen LogP contribution in [-0.4, -0.2) is 28.8 Å². The van der Waals surface area contributed by atoms with E-state index in [2.05, 4.69) is 10.1 Å². The molecule has 8 heteroatoms. The number of hydrogen-bond donors (Lipinski definition) is 0. The van der Waals surface area contributed by atoms with Crippen LogP contribution in [0.2, 0.25) is 5.02 Å². The van der Waals surface area contributed by atoms with Gasteiger partial charge in [0.2, 0.25) is 11.9 Å². The number of halogens is 1. The summed E-state index contributed by atoms with van der Waals surface area (Å²) in [5.74, 6) is 1.11. The standard InChI is InChI=1S/C18H13ClN2O5/c19-12-7-5-11(6-8-12)17-20-16(26-21-17)10-24-18(22)15-9-23-13-3-1-2-4-14(13)25-15/h1-8,15H,9-10H2/t15-/m0/s1.